The number of amidine groups is 1. The molecular formula is C17H33N3S. The lowest BCUT2D eigenvalue weighted by atomic mass is 10.00. The van der Waals surface area contributed by atoms with Crippen molar-refractivity contribution < 1.29 is 0 Å². The van der Waals surface area contributed by atoms with Crippen LogP contribution in [0.4, 0.5) is 0 Å². The zero-order valence-corrected chi connectivity index (χ0v) is 15.0. The van der Waals surface area contributed by atoms with Gasteiger partial charge in [-0.1, -0.05) is 56.7 Å². The van der Waals surface area contributed by atoms with Crippen molar-refractivity contribution >= 4 is 22.6 Å². The molecule has 0 bridgehead atoms. The van der Waals surface area contributed by atoms with Gasteiger partial charge in [0.15, 0.2) is 5.17 Å². The standard InChI is InChI=1S/C17H33N3S/c1-15(2)18-17(21-3)20-19-16-13-11-9-7-5-4-6-8-10-12-14-16/h15H,4-14H2,1-3H3,(H,18,20). The summed E-state index contributed by atoms with van der Waals surface area (Å²) in [6, 6.07) is 0.316. The van der Waals surface area contributed by atoms with Crippen molar-refractivity contribution in [2.24, 2.45) is 10.1 Å². The molecule has 0 radical (unpaired) electrons. The Bertz CT molecular complexity index is 310. The second-order valence-corrected chi connectivity index (χ2v) is 7.00. The number of thioether (sulfide) groups is 1. The maximum absolute atomic E-state index is 4.65. The van der Waals surface area contributed by atoms with E-state index in [0.29, 0.717) is 6.04 Å². The van der Waals surface area contributed by atoms with Crippen molar-refractivity contribution in [1.82, 2.24) is 5.43 Å². The fourth-order valence-electron chi connectivity index (χ4n) is 2.62. The van der Waals surface area contributed by atoms with E-state index >= 15 is 0 Å². The van der Waals surface area contributed by atoms with Crippen LogP contribution in [0.5, 0.6) is 0 Å². The third-order valence-corrected chi connectivity index (χ3v) is 4.39. The highest BCUT2D eigenvalue weighted by Crippen LogP contribution is 2.15. The van der Waals surface area contributed by atoms with Gasteiger partial charge in [0.1, 0.15) is 0 Å². The highest BCUT2D eigenvalue weighted by molar-refractivity contribution is 8.13. The number of nitrogens with zero attached hydrogens (tertiary/aromatic N) is 2. The van der Waals surface area contributed by atoms with Crippen molar-refractivity contribution in [2.45, 2.75) is 90.5 Å². The van der Waals surface area contributed by atoms with Crippen molar-refractivity contribution in [3.8, 4) is 0 Å². The van der Waals surface area contributed by atoms with E-state index in [2.05, 4.69) is 35.6 Å². The zero-order chi connectivity index (χ0) is 15.3. The van der Waals surface area contributed by atoms with Gasteiger partial charge in [-0.15, -0.1) is 0 Å². The van der Waals surface area contributed by atoms with Crippen LogP contribution >= 0.6 is 11.8 Å². The number of hydrogen-bond acceptors (Lipinski definition) is 3. The lowest BCUT2D eigenvalue weighted by molar-refractivity contribution is 0.555. The van der Waals surface area contributed by atoms with Crippen molar-refractivity contribution in [1.29, 1.82) is 0 Å². The molecule has 21 heavy (non-hydrogen) atoms. The van der Waals surface area contributed by atoms with Gasteiger partial charge in [0.05, 0.1) is 0 Å². The fourth-order valence-corrected chi connectivity index (χ4v) is 3.07. The summed E-state index contributed by atoms with van der Waals surface area (Å²) in [7, 11) is 0. The molecule has 0 aromatic heterocycles. The highest BCUT2D eigenvalue weighted by Gasteiger charge is 2.04. The zero-order valence-electron chi connectivity index (χ0n) is 14.2. The van der Waals surface area contributed by atoms with Gasteiger partial charge in [0, 0.05) is 11.8 Å². The van der Waals surface area contributed by atoms with Gasteiger partial charge in [-0.25, -0.2) is 0 Å². The summed E-state index contributed by atoms with van der Waals surface area (Å²) < 4.78 is 0. The predicted octanol–water partition coefficient (Wildman–Crippen LogP) is 5.36. The van der Waals surface area contributed by atoms with Crippen LogP contribution in [0.25, 0.3) is 0 Å². The van der Waals surface area contributed by atoms with Crippen LogP contribution in [0.15, 0.2) is 10.1 Å². The second-order valence-electron chi connectivity index (χ2n) is 6.20. The molecule has 4 heteroatoms. The average molecular weight is 312 g/mol. The van der Waals surface area contributed by atoms with E-state index in [9.17, 15) is 0 Å². The van der Waals surface area contributed by atoms with Gasteiger partial charge in [0.2, 0.25) is 0 Å². The Morgan fingerprint density at radius 3 is 1.81 bits per heavy atom. The Morgan fingerprint density at radius 1 is 0.905 bits per heavy atom. The monoisotopic (exact) mass is 311 g/mol. The second kappa shape index (κ2) is 12.1. The Balaban J connectivity index is 2.51. The third kappa shape index (κ3) is 9.94. The topological polar surface area (TPSA) is 36.8 Å². The van der Waals surface area contributed by atoms with E-state index in [0.717, 1.165) is 18.0 Å². The smallest absolute Gasteiger partial charge is 0.177 e. The van der Waals surface area contributed by atoms with E-state index in [-0.39, 0.29) is 0 Å². The van der Waals surface area contributed by atoms with Gasteiger partial charge in [-0.3, -0.25) is 10.4 Å². The van der Waals surface area contributed by atoms with E-state index in [1.807, 2.05) is 0 Å². The van der Waals surface area contributed by atoms with Crippen LogP contribution in [-0.2, 0) is 0 Å². The average Bonchev–Trinajstić information content (AvgIpc) is 2.45. The number of aliphatic imine (C=N–C) groups is 1. The minimum Gasteiger partial charge on any atom is -0.258 e. The summed E-state index contributed by atoms with van der Waals surface area (Å²) in [6.07, 6.45) is 16.7. The van der Waals surface area contributed by atoms with Crippen molar-refractivity contribution in [3.63, 3.8) is 0 Å². The fraction of sp³-hybridized carbons (Fsp3) is 0.882. The molecule has 0 spiro atoms. The summed E-state index contributed by atoms with van der Waals surface area (Å²) in [6.45, 7) is 4.20. The first kappa shape index (κ1) is 18.5. The third-order valence-electron chi connectivity index (χ3n) is 3.81. The van der Waals surface area contributed by atoms with Gasteiger partial charge < -0.3 is 0 Å². The molecule has 0 atom stereocenters. The van der Waals surface area contributed by atoms with Crippen molar-refractivity contribution in [2.75, 3.05) is 6.26 Å². The minimum absolute atomic E-state index is 0.316. The molecule has 1 fully saturated rings. The Labute approximate surface area is 135 Å². The van der Waals surface area contributed by atoms with Crippen LogP contribution in [0, 0.1) is 0 Å². The van der Waals surface area contributed by atoms with Crippen LogP contribution in [0.3, 0.4) is 0 Å². The molecule has 0 saturated heterocycles. The molecule has 0 aliphatic heterocycles. The molecule has 0 aromatic rings. The summed E-state index contributed by atoms with van der Waals surface area (Å²) in [5, 5.41) is 5.58. The van der Waals surface area contributed by atoms with Crippen LogP contribution in [-0.4, -0.2) is 23.2 Å². The molecule has 1 aliphatic carbocycles. The molecule has 0 unspecified atom stereocenters. The first-order valence-electron chi connectivity index (χ1n) is 8.65. The van der Waals surface area contributed by atoms with E-state index in [1.165, 1.54) is 63.5 Å². The molecule has 0 aromatic carbocycles. The van der Waals surface area contributed by atoms with E-state index in [4.69, 9.17) is 0 Å². The lowest BCUT2D eigenvalue weighted by Gasteiger charge is -2.11. The Hall–Kier alpha value is -0.510. The summed E-state index contributed by atoms with van der Waals surface area (Å²) >= 11 is 1.64. The van der Waals surface area contributed by atoms with Crippen LogP contribution in [0.2, 0.25) is 0 Å². The molecule has 1 N–H and O–H groups in total. The molecule has 122 valence electrons. The van der Waals surface area contributed by atoms with E-state index < -0.39 is 0 Å². The first-order chi connectivity index (χ1) is 10.2. The number of rotatable bonds is 2. The first-order valence-corrected chi connectivity index (χ1v) is 9.88. The van der Waals surface area contributed by atoms with Gasteiger partial charge in [-0.05, 0) is 45.8 Å². The molecule has 3 nitrogen and oxygen atoms in total. The van der Waals surface area contributed by atoms with Crippen molar-refractivity contribution in [3.05, 3.63) is 0 Å². The summed E-state index contributed by atoms with van der Waals surface area (Å²) in [4.78, 5) is 4.54. The summed E-state index contributed by atoms with van der Waals surface area (Å²) in [5.74, 6) is 0. The SMILES string of the molecule is CSC(=NC(C)C)NN=C1CCCCCCCCCCC1. The lowest BCUT2D eigenvalue weighted by Crippen LogP contribution is -2.18. The Kier molecular flexibility index (Phi) is 10.7. The van der Waals surface area contributed by atoms with Gasteiger partial charge >= 0.3 is 0 Å². The molecule has 1 aliphatic rings. The quantitative estimate of drug-likeness (QED) is 0.423. The van der Waals surface area contributed by atoms with Crippen LogP contribution < -0.4 is 5.43 Å². The summed E-state index contributed by atoms with van der Waals surface area (Å²) in [5.41, 5.74) is 4.52. The number of hydrogen-bond donors (Lipinski definition) is 1. The molecular weight excluding hydrogens is 278 g/mol. The molecule has 1 rings (SSSR count). The normalized spacial score (nSPS) is 19.8. The molecule has 1 saturated carbocycles. The minimum atomic E-state index is 0.316. The molecule has 0 heterocycles. The highest BCUT2D eigenvalue weighted by atomic mass is 32.2. The van der Waals surface area contributed by atoms with Gasteiger partial charge in [-0.2, -0.15) is 5.10 Å². The predicted molar refractivity (Wildman–Crippen MR) is 97.4 cm³/mol. The number of nitrogens with one attached hydrogen (secondary N) is 1. The van der Waals surface area contributed by atoms with E-state index in [1.54, 1.807) is 11.8 Å². The molecule has 0 amide bonds. The number of hydrazone groups is 1. The van der Waals surface area contributed by atoms with Gasteiger partial charge in [0.25, 0.3) is 0 Å². The largest absolute Gasteiger partial charge is 0.258 e. The maximum atomic E-state index is 4.65. The Morgan fingerprint density at radius 2 is 1.38 bits per heavy atom. The van der Waals surface area contributed by atoms with Crippen LogP contribution in [0.1, 0.15) is 84.5 Å². The maximum Gasteiger partial charge on any atom is 0.177 e.